The Morgan fingerprint density at radius 3 is 2.93 bits per heavy atom. The van der Waals surface area contributed by atoms with Gasteiger partial charge in [-0.15, -0.1) is 0 Å². The molecular formula is C16H20N4O6S. The van der Waals surface area contributed by atoms with Gasteiger partial charge in [0.05, 0.1) is 23.4 Å². The number of rotatable bonds is 6. The molecule has 0 aromatic carbocycles. The SMILES string of the molecule is CCC(OC(C)=O)[C@@H]1C[C@H](CC(=O)O)[C@H](n2c(=O)sc3cnc(N)nc32)O1. The van der Waals surface area contributed by atoms with Crippen molar-refractivity contribution >= 4 is 39.6 Å². The Balaban J connectivity index is 2.00. The van der Waals surface area contributed by atoms with Crippen LogP contribution in [0.1, 0.15) is 39.3 Å². The summed E-state index contributed by atoms with van der Waals surface area (Å²) in [5, 5.41) is 9.27. The molecule has 1 fully saturated rings. The fourth-order valence-electron chi connectivity index (χ4n) is 3.39. The van der Waals surface area contributed by atoms with Gasteiger partial charge in [-0.05, 0) is 12.8 Å². The molecule has 0 saturated carbocycles. The van der Waals surface area contributed by atoms with Crippen LogP contribution in [0.25, 0.3) is 10.3 Å². The predicted octanol–water partition coefficient (Wildman–Crippen LogP) is 1.16. The van der Waals surface area contributed by atoms with Gasteiger partial charge in [0.2, 0.25) is 5.95 Å². The van der Waals surface area contributed by atoms with Gasteiger partial charge in [-0.1, -0.05) is 18.3 Å². The van der Waals surface area contributed by atoms with E-state index in [9.17, 15) is 19.5 Å². The molecule has 0 bridgehead atoms. The quantitative estimate of drug-likeness (QED) is 0.686. The van der Waals surface area contributed by atoms with E-state index in [-0.39, 0.29) is 17.2 Å². The molecule has 1 unspecified atom stereocenters. The maximum Gasteiger partial charge on any atom is 0.311 e. The summed E-state index contributed by atoms with van der Waals surface area (Å²) in [6.07, 6.45) is 0.219. The van der Waals surface area contributed by atoms with E-state index in [0.29, 0.717) is 23.2 Å². The number of nitrogens with two attached hydrogens (primary N) is 1. The number of ether oxygens (including phenoxy) is 2. The van der Waals surface area contributed by atoms with E-state index in [1.165, 1.54) is 17.7 Å². The molecular weight excluding hydrogens is 376 g/mol. The highest BCUT2D eigenvalue weighted by Gasteiger charge is 2.43. The van der Waals surface area contributed by atoms with Gasteiger partial charge in [0, 0.05) is 12.8 Å². The fraction of sp³-hybridized carbons (Fsp3) is 0.562. The first-order chi connectivity index (χ1) is 12.8. The summed E-state index contributed by atoms with van der Waals surface area (Å²) in [6.45, 7) is 3.15. The number of nitrogens with zero attached hydrogens (tertiary/aromatic N) is 3. The van der Waals surface area contributed by atoms with Crippen molar-refractivity contribution in [2.75, 3.05) is 5.73 Å². The Morgan fingerprint density at radius 1 is 1.56 bits per heavy atom. The lowest BCUT2D eigenvalue weighted by Gasteiger charge is -2.22. The third kappa shape index (κ3) is 3.93. The molecule has 1 saturated heterocycles. The van der Waals surface area contributed by atoms with Crippen molar-refractivity contribution in [2.24, 2.45) is 5.92 Å². The fourth-order valence-corrected chi connectivity index (χ4v) is 4.21. The summed E-state index contributed by atoms with van der Waals surface area (Å²) in [7, 11) is 0. The minimum Gasteiger partial charge on any atom is -0.481 e. The Kier molecular flexibility index (Phi) is 5.42. The summed E-state index contributed by atoms with van der Waals surface area (Å²) in [5.41, 5.74) is 5.95. The van der Waals surface area contributed by atoms with E-state index in [2.05, 4.69) is 9.97 Å². The lowest BCUT2D eigenvalue weighted by atomic mass is 9.96. The maximum absolute atomic E-state index is 12.6. The minimum absolute atomic E-state index is 0.00438. The summed E-state index contributed by atoms with van der Waals surface area (Å²) in [4.78, 5) is 42.9. The second kappa shape index (κ2) is 7.61. The van der Waals surface area contributed by atoms with E-state index < -0.39 is 36.3 Å². The number of carboxylic acid groups (broad SMARTS) is 1. The van der Waals surface area contributed by atoms with Crippen LogP contribution in [0, 0.1) is 5.92 Å². The Hall–Kier alpha value is -2.53. The smallest absolute Gasteiger partial charge is 0.311 e. The molecule has 27 heavy (non-hydrogen) atoms. The largest absolute Gasteiger partial charge is 0.481 e. The molecule has 2 aromatic rings. The number of fused-ring (bicyclic) bond motifs is 1. The molecule has 0 aliphatic carbocycles. The molecule has 3 heterocycles. The van der Waals surface area contributed by atoms with Gasteiger partial charge < -0.3 is 20.3 Å². The van der Waals surface area contributed by atoms with Gasteiger partial charge in [-0.3, -0.25) is 19.0 Å². The zero-order valence-corrected chi connectivity index (χ0v) is 15.6. The van der Waals surface area contributed by atoms with Crippen LogP contribution in [-0.4, -0.2) is 43.8 Å². The molecule has 11 heteroatoms. The average molecular weight is 396 g/mol. The number of carbonyl (C=O) groups is 2. The number of nitrogen functional groups attached to an aromatic ring is 1. The van der Waals surface area contributed by atoms with Crippen molar-refractivity contribution in [3.63, 3.8) is 0 Å². The van der Waals surface area contributed by atoms with Gasteiger partial charge >= 0.3 is 16.8 Å². The summed E-state index contributed by atoms with van der Waals surface area (Å²) in [6, 6.07) is 0. The number of aliphatic carboxylic acids is 1. The normalized spacial score (nSPS) is 23.4. The van der Waals surface area contributed by atoms with Gasteiger partial charge in [-0.2, -0.15) is 4.98 Å². The molecule has 3 rings (SSSR count). The molecule has 0 spiro atoms. The summed E-state index contributed by atoms with van der Waals surface area (Å²) < 4.78 is 13.2. The van der Waals surface area contributed by atoms with E-state index in [1.807, 2.05) is 6.92 Å². The van der Waals surface area contributed by atoms with Gasteiger partial charge in [-0.25, -0.2) is 4.98 Å². The second-order valence-electron chi connectivity index (χ2n) is 6.37. The number of aromatic nitrogens is 3. The number of carbonyl (C=O) groups excluding carboxylic acids is 1. The number of anilines is 1. The first-order valence-electron chi connectivity index (χ1n) is 8.48. The van der Waals surface area contributed by atoms with Crippen LogP contribution in [-0.2, 0) is 19.1 Å². The maximum atomic E-state index is 12.6. The summed E-state index contributed by atoms with van der Waals surface area (Å²) in [5.74, 6) is -1.92. The standard InChI is InChI=1S/C16H20N4O6S/c1-3-9(25-7(2)21)10-4-8(5-12(22)23)14(26-10)20-13-11(27-16(20)24)6-18-15(17)19-13/h6,8-10,14H,3-5H2,1-2H3,(H,22,23)(H2,17,18,19)/t8-,9?,10+,14-/m1/s1. The minimum atomic E-state index is -1.00. The Morgan fingerprint density at radius 2 is 2.30 bits per heavy atom. The van der Waals surface area contributed by atoms with Gasteiger partial charge in [0.25, 0.3) is 0 Å². The Labute approximate surface area is 157 Å². The van der Waals surface area contributed by atoms with Crippen molar-refractivity contribution in [2.45, 2.75) is 51.5 Å². The average Bonchev–Trinajstić information content (AvgIpc) is 3.11. The van der Waals surface area contributed by atoms with E-state index >= 15 is 0 Å². The lowest BCUT2D eigenvalue weighted by Crippen LogP contribution is -2.31. The van der Waals surface area contributed by atoms with Crippen LogP contribution < -0.4 is 10.6 Å². The molecule has 0 amide bonds. The zero-order chi connectivity index (χ0) is 19.7. The van der Waals surface area contributed by atoms with E-state index in [0.717, 1.165) is 11.3 Å². The number of thiazole rings is 1. The molecule has 146 valence electrons. The van der Waals surface area contributed by atoms with Crippen LogP contribution in [0.2, 0.25) is 0 Å². The summed E-state index contributed by atoms with van der Waals surface area (Å²) >= 11 is 0.935. The molecule has 10 nitrogen and oxygen atoms in total. The van der Waals surface area contributed by atoms with Gasteiger partial charge in [0.15, 0.2) is 5.65 Å². The third-order valence-electron chi connectivity index (χ3n) is 4.46. The van der Waals surface area contributed by atoms with Gasteiger partial charge in [0.1, 0.15) is 12.3 Å². The molecule has 3 N–H and O–H groups in total. The monoisotopic (exact) mass is 396 g/mol. The van der Waals surface area contributed by atoms with Crippen molar-refractivity contribution in [3.8, 4) is 0 Å². The van der Waals surface area contributed by atoms with Crippen LogP contribution >= 0.6 is 11.3 Å². The predicted molar refractivity (Wildman–Crippen MR) is 96.2 cm³/mol. The van der Waals surface area contributed by atoms with Crippen LogP contribution in [0.3, 0.4) is 0 Å². The number of hydrogen-bond acceptors (Lipinski definition) is 9. The van der Waals surface area contributed by atoms with Crippen LogP contribution in [0.5, 0.6) is 0 Å². The number of carboxylic acids is 1. The molecule has 2 aromatic heterocycles. The van der Waals surface area contributed by atoms with Crippen molar-refractivity contribution < 1.29 is 24.2 Å². The highest BCUT2D eigenvalue weighted by Crippen LogP contribution is 2.40. The van der Waals surface area contributed by atoms with Crippen molar-refractivity contribution in [3.05, 3.63) is 15.9 Å². The van der Waals surface area contributed by atoms with E-state index in [4.69, 9.17) is 15.2 Å². The second-order valence-corrected chi connectivity index (χ2v) is 7.36. The highest BCUT2D eigenvalue weighted by atomic mass is 32.1. The van der Waals surface area contributed by atoms with Crippen LogP contribution in [0.4, 0.5) is 5.95 Å². The van der Waals surface area contributed by atoms with Crippen molar-refractivity contribution in [1.29, 1.82) is 0 Å². The molecule has 1 aliphatic rings. The zero-order valence-electron chi connectivity index (χ0n) is 14.8. The lowest BCUT2D eigenvalue weighted by molar-refractivity contribution is -0.156. The number of esters is 1. The van der Waals surface area contributed by atoms with E-state index in [1.54, 1.807) is 0 Å². The third-order valence-corrected chi connectivity index (χ3v) is 5.33. The van der Waals surface area contributed by atoms with Crippen LogP contribution in [0.15, 0.2) is 11.0 Å². The molecule has 1 aliphatic heterocycles. The number of hydrogen-bond donors (Lipinski definition) is 2. The molecule has 0 radical (unpaired) electrons. The first-order valence-corrected chi connectivity index (χ1v) is 9.29. The first kappa shape index (κ1) is 19.2. The topological polar surface area (TPSA) is 147 Å². The molecule has 4 atom stereocenters. The highest BCUT2D eigenvalue weighted by molar-refractivity contribution is 7.16. The Bertz CT molecular complexity index is 925. The van der Waals surface area contributed by atoms with Crippen molar-refractivity contribution in [1.82, 2.24) is 14.5 Å².